The highest BCUT2D eigenvalue weighted by molar-refractivity contribution is 6.31. The van der Waals surface area contributed by atoms with Crippen LogP contribution in [0, 0.1) is 6.92 Å². The molecule has 2 rings (SSSR count). The molecule has 0 unspecified atom stereocenters. The molecule has 0 aliphatic heterocycles. The summed E-state index contributed by atoms with van der Waals surface area (Å²) >= 11 is 5.81. The van der Waals surface area contributed by atoms with Gasteiger partial charge in [-0.25, -0.2) is 4.79 Å². The molecule has 0 spiro atoms. The van der Waals surface area contributed by atoms with Gasteiger partial charge in [0.05, 0.1) is 16.8 Å². The largest absolute Gasteiger partial charge is 0.507 e. The van der Waals surface area contributed by atoms with Gasteiger partial charge in [-0.2, -0.15) is 0 Å². The number of hydrogen-bond acceptors (Lipinski definition) is 3. The zero-order valence-corrected chi connectivity index (χ0v) is 11.8. The molecule has 0 atom stereocenters. The molecular weight excluding hydrogens is 294 g/mol. The number of aryl methyl sites for hydroxylation is 1. The van der Waals surface area contributed by atoms with E-state index >= 15 is 0 Å². The van der Waals surface area contributed by atoms with Gasteiger partial charge in [-0.05, 0) is 37.3 Å². The van der Waals surface area contributed by atoms with Crippen LogP contribution in [0.15, 0.2) is 36.4 Å². The highest BCUT2D eigenvalue weighted by Gasteiger charge is 2.16. The van der Waals surface area contributed by atoms with E-state index in [0.29, 0.717) is 5.02 Å². The predicted molar refractivity (Wildman–Crippen MR) is 79.2 cm³/mol. The number of benzene rings is 2. The van der Waals surface area contributed by atoms with Gasteiger partial charge in [0.2, 0.25) is 0 Å². The second-order valence-corrected chi connectivity index (χ2v) is 4.91. The molecule has 0 radical (unpaired) electrons. The van der Waals surface area contributed by atoms with Crippen molar-refractivity contribution in [1.29, 1.82) is 0 Å². The number of phenolic OH excluding ortho intramolecular Hbond substituents is 1. The van der Waals surface area contributed by atoms with Gasteiger partial charge >= 0.3 is 5.97 Å². The summed E-state index contributed by atoms with van der Waals surface area (Å²) in [7, 11) is 0. The van der Waals surface area contributed by atoms with Crippen molar-refractivity contribution in [2.24, 2.45) is 0 Å². The Kier molecular flexibility index (Phi) is 4.14. The fraction of sp³-hybridized carbons (Fsp3) is 0.0667. The molecule has 2 aromatic rings. The summed E-state index contributed by atoms with van der Waals surface area (Å²) in [6.07, 6.45) is 0. The minimum atomic E-state index is -1.18. The lowest BCUT2D eigenvalue weighted by molar-refractivity contribution is 0.0698. The summed E-state index contributed by atoms with van der Waals surface area (Å²) in [6.45, 7) is 1.78. The minimum Gasteiger partial charge on any atom is -0.507 e. The van der Waals surface area contributed by atoms with E-state index in [1.807, 2.05) is 0 Å². The molecule has 0 bridgehead atoms. The molecule has 21 heavy (non-hydrogen) atoms. The maximum absolute atomic E-state index is 12.2. The summed E-state index contributed by atoms with van der Waals surface area (Å²) in [6, 6.07) is 8.64. The van der Waals surface area contributed by atoms with E-state index in [1.54, 1.807) is 13.0 Å². The van der Waals surface area contributed by atoms with Crippen LogP contribution >= 0.6 is 11.6 Å². The van der Waals surface area contributed by atoms with E-state index < -0.39 is 11.9 Å². The predicted octanol–water partition coefficient (Wildman–Crippen LogP) is 3.30. The normalized spacial score (nSPS) is 10.2. The molecule has 0 aromatic heterocycles. The van der Waals surface area contributed by atoms with Gasteiger partial charge in [-0.3, -0.25) is 4.79 Å². The second-order valence-electron chi connectivity index (χ2n) is 4.47. The zero-order chi connectivity index (χ0) is 15.6. The van der Waals surface area contributed by atoms with Crippen molar-refractivity contribution in [3.8, 4) is 5.75 Å². The van der Waals surface area contributed by atoms with Crippen LogP contribution in [0.1, 0.15) is 26.3 Å². The second kappa shape index (κ2) is 5.85. The van der Waals surface area contributed by atoms with Gasteiger partial charge in [0.25, 0.3) is 5.91 Å². The molecule has 5 nitrogen and oxygen atoms in total. The summed E-state index contributed by atoms with van der Waals surface area (Å²) in [5.74, 6) is -1.98. The average molecular weight is 306 g/mol. The molecule has 6 heteroatoms. The van der Waals surface area contributed by atoms with Crippen molar-refractivity contribution in [1.82, 2.24) is 0 Å². The molecule has 0 saturated carbocycles. The molecule has 1 amide bonds. The van der Waals surface area contributed by atoms with Gasteiger partial charge in [0.15, 0.2) is 0 Å². The maximum Gasteiger partial charge on any atom is 0.337 e. The van der Waals surface area contributed by atoms with E-state index in [1.165, 1.54) is 30.3 Å². The Morgan fingerprint density at radius 3 is 2.48 bits per heavy atom. The van der Waals surface area contributed by atoms with Crippen molar-refractivity contribution < 1.29 is 19.8 Å². The third-order valence-electron chi connectivity index (χ3n) is 2.86. The quantitative estimate of drug-likeness (QED) is 0.812. The van der Waals surface area contributed by atoms with Gasteiger partial charge in [-0.1, -0.05) is 23.2 Å². The van der Waals surface area contributed by atoms with E-state index in [0.717, 1.165) is 5.56 Å². The minimum absolute atomic E-state index is 0.0614. The maximum atomic E-state index is 12.2. The Balaban J connectivity index is 2.38. The third-order valence-corrected chi connectivity index (χ3v) is 3.09. The smallest absolute Gasteiger partial charge is 0.337 e. The van der Waals surface area contributed by atoms with Gasteiger partial charge in [0.1, 0.15) is 5.75 Å². The number of aromatic carboxylic acids is 1. The number of halogens is 1. The molecule has 3 N–H and O–H groups in total. The molecule has 0 aliphatic carbocycles. The summed E-state index contributed by atoms with van der Waals surface area (Å²) < 4.78 is 0. The highest BCUT2D eigenvalue weighted by Crippen LogP contribution is 2.24. The molecule has 2 aromatic carbocycles. The first-order valence-electron chi connectivity index (χ1n) is 6.02. The van der Waals surface area contributed by atoms with Gasteiger partial charge in [-0.15, -0.1) is 0 Å². The van der Waals surface area contributed by atoms with Crippen molar-refractivity contribution in [3.63, 3.8) is 0 Å². The third kappa shape index (κ3) is 3.32. The van der Waals surface area contributed by atoms with Gasteiger partial charge < -0.3 is 15.5 Å². The first kappa shape index (κ1) is 14.9. The molecule has 0 saturated heterocycles. The van der Waals surface area contributed by atoms with Crippen LogP contribution in [0.5, 0.6) is 5.75 Å². The number of carbonyl (C=O) groups excluding carboxylic acids is 1. The molecule has 0 aliphatic rings. The first-order valence-corrected chi connectivity index (χ1v) is 6.40. The number of nitrogens with one attached hydrogen (secondary N) is 1. The SMILES string of the molecule is Cc1ccc(O)c(C(=O)Nc2cc(Cl)ccc2C(=O)O)c1. The van der Waals surface area contributed by atoms with Gasteiger partial charge in [0, 0.05) is 5.02 Å². The Morgan fingerprint density at radius 2 is 1.81 bits per heavy atom. The van der Waals surface area contributed by atoms with Crippen molar-refractivity contribution >= 4 is 29.2 Å². The number of carbonyl (C=O) groups is 2. The molecule has 0 fully saturated rings. The van der Waals surface area contributed by atoms with E-state index in [4.69, 9.17) is 16.7 Å². The molecule has 0 heterocycles. The van der Waals surface area contributed by atoms with Crippen molar-refractivity contribution in [3.05, 3.63) is 58.1 Å². The van der Waals surface area contributed by atoms with E-state index in [2.05, 4.69) is 5.32 Å². The highest BCUT2D eigenvalue weighted by atomic mass is 35.5. The van der Waals surface area contributed by atoms with E-state index in [-0.39, 0.29) is 22.6 Å². The van der Waals surface area contributed by atoms with Crippen LogP contribution in [-0.4, -0.2) is 22.1 Å². The molecular formula is C15H12ClNO4. The van der Waals surface area contributed by atoms with Crippen LogP contribution in [-0.2, 0) is 0 Å². The number of hydrogen-bond donors (Lipinski definition) is 3. The lowest BCUT2D eigenvalue weighted by Gasteiger charge is -2.10. The van der Waals surface area contributed by atoms with Crippen LogP contribution in [0.25, 0.3) is 0 Å². The number of phenols is 1. The van der Waals surface area contributed by atoms with Crippen LogP contribution in [0.2, 0.25) is 5.02 Å². The number of amides is 1. The van der Waals surface area contributed by atoms with Crippen molar-refractivity contribution in [2.75, 3.05) is 5.32 Å². The zero-order valence-electron chi connectivity index (χ0n) is 11.1. The lowest BCUT2D eigenvalue weighted by Crippen LogP contribution is -2.15. The summed E-state index contributed by atoms with van der Waals surface area (Å²) in [5, 5.41) is 21.6. The lowest BCUT2D eigenvalue weighted by atomic mass is 10.1. The Hall–Kier alpha value is -2.53. The van der Waals surface area contributed by atoms with Crippen molar-refractivity contribution in [2.45, 2.75) is 6.92 Å². The number of carboxylic acid groups (broad SMARTS) is 1. The fourth-order valence-corrected chi connectivity index (χ4v) is 2.00. The summed E-state index contributed by atoms with van der Waals surface area (Å²) in [5.41, 5.74) is 0.842. The topological polar surface area (TPSA) is 86.6 Å². The number of carboxylic acids is 1. The van der Waals surface area contributed by atoms with E-state index in [9.17, 15) is 14.7 Å². The standard InChI is InChI=1S/C15H12ClNO4/c1-8-2-5-13(18)11(6-8)14(19)17-12-7-9(16)3-4-10(12)15(20)21/h2-7,18H,1H3,(H,17,19)(H,20,21). The first-order chi connectivity index (χ1) is 9.88. The Labute approximate surface area is 125 Å². The fourth-order valence-electron chi connectivity index (χ4n) is 1.83. The average Bonchev–Trinajstić information content (AvgIpc) is 2.41. The number of rotatable bonds is 3. The monoisotopic (exact) mass is 305 g/mol. The van der Waals surface area contributed by atoms with Crippen LogP contribution < -0.4 is 5.32 Å². The Morgan fingerprint density at radius 1 is 1.10 bits per heavy atom. The summed E-state index contributed by atoms with van der Waals surface area (Å²) in [4.78, 5) is 23.3. The molecule has 108 valence electrons. The number of aromatic hydroxyl groups is 1. The van der Waals surface area contributed by atoms with Crippen LogP contribution in [0.3, 0.4) is 0 Å². The van der Waals surface area contributed by atoms with Crippen LogP contribution in [0.4, 0.5) is 5.69 Å². The number of anilines is 1. The Bertz CT molecular complexity index is 728.